The van der Waals surface area contributed by atoms with Crippen molar-refractivity contribution < 1.29 is 18.0 Å². The van der Waals surface area contributed by atoms with Gasteiger partial charge in [0.15, 0.2) is 0 Å². The minimum Gasteiger partial charge on any atom is -0.352 e. The number of anilines is 1. The Morgan fingerprint density at radius 2 is 1.78 bits per heavy atom. The van der Waals surface area contributed by atoms with Crippen LogP contribution in [0.1, 0.15) is 63.0 Å². The fourth-order valence-corrected chi connectivity index (χ4v) is 6.28. The Morgan fingerprint density at radius 1 is 1.08 bits per heavy atom. The van der Waals surface area contributed by atoms with Crippen molar-refractivity contribution in [2.45, 2.75) is 77.4 Å². The van der Waals surface area contributed by atoms with Gasteiger partial charge in [-0.3, -0.25) is 13.9 Å². The largest absolute Gasteiger partial charge is 0.352 e. The molecule has 0 spiro atoms. The second-order valence-corrected chi connectivity index (χ2v) is 12.7. The highest BCUT2D eigenvalue weighted by atomic mass is 79.9. The van der Waals surface area contributed by atoms with Crippen molar-refractivity contribution in [2.75, 3.05) is 17.1 Å². The highest BCUT2D eigenvalue weighted by Crippen LogP contribution is 2.23. The second kappa shape index (κ2) is 13.4. The maximum atomic E-state index is 13.5. The van der Waals surface area contributed by atoms with Crippen molar-refractivity contribution in [3.63, 3.8) is 0 Å². The average molecular weight is 593 g/mol. The maximum absolute atomic E-state index is 13.5. The summed E-state index contributed by atoms with van der Waals surface area (Å²) in [6.07, 6.45) is 7.01. The number of rotatable bonds is 11. The molecule has 0 aromatic heterocycles. The number of halogens is 1. The quantitative estimate of drug-likeness (QED) is 0.390. The van der Waals surface area contributed by atoms with E-state index in [2.05, 4.69) is 21.2 Å². The van der Waals surface area contributed by atoms with Crippen LogP contribution in [0.25, 0.3) is 0 Å². The SMILES string of the molecule is Cc1ccccc1N(CCCC(=O)N(Cc1cccc(Br)c1)C(C)C(=O)NC1CCCCC1)S(C)(=O)=O. The number of hydrogen-bond acceptors (Lipinski definition) is 4. The van der Waals surface area contributed by atoms with Crippen LogP contribution < -0.4 is 9.62 Å². The number of benzene rings is 2. The second-order valence-electron chi connectivity index (χ2n) is 9.90. The van der Waals surface area contributed by atoms with Gasteiger partial charge in [-0.25, -0.2) is 8.42 Å². The molecular formula is C28H38BrN3O4S. The summed E-state index contributed by atoms with van der Waals surface area (Å²) in [7, 11) is -3.52. The van der Waals surface area contributed by atoms with Crippen LogP contribution in [0.4, 0.5) is 5.69 Å². The van der Waals surface area contributed by atoms with Gasteiger partial charge < -0.3 is 10.2 Å². The molecule has 0 aliphatic heterocycles. The van der Waals surface area contributed by atoms with Crippen LogP contribution in [-0.4, -0.2) is 50.0 Å². The molecule has 37 heavy (non-hydrogen) atoms. The van der Waals surface area contributed by atoms with E-state index < -0.39 is 16.1 Å². The minimum atomic E-state index is -3.52. The van der Waals surface area contributed by atoms with Gasteiger partial charge in [0.05, 0.1) is 11.9 Å². The fraction of sp³-hybridized carbons (Fsp3) is 0.500. The van der Waals surface area contributed by atoms with Gasteiger partial charge in [-0.2, -0.15) is 0 Å². The lowest BCUT2D eigenvalue weighted by Crippen LogP contribution is -2.50. The van der Waals surface area contributed by atoms with Gasteiger partial charge in [-0.15, -0.1) is 0 Å². The molecule has 0 saturated heterocycles. The monoisotopic (exact) mass is 591 g/mol. The molecule has 2 aromatic rings. The molecule has 1 N–H and O–H groups in total. The van der Waals surface area contributed by atoms with Crippen LogP contribution in [0.5, 0.6) is 0 Å². The Kier molecular flexibility index (Phi) is 10.6. The lowest BCUT2D eigenvalue weighted by Gasteiger charge is -2.31. The molecule has 9 heteroatoms. The van der Waals surface area contributed by atoms with Gasteiger partial charge in [0.25, 0.3) is 0 Å². The van der Waals surface area contributed by atoms with E-state index in [1.165, 1.54) is 17.0 Å². The van der Waals surface area contributed by atoms with E-state index in [4.69, 9.17) is 0 Å². The van der Waals surface area contributed by atoms with Crippen LogP contribution in [0.15, 0.2) is 53.0 Å². The number of carbonyl (C=O) groups is 2. The lowest BCUT2D eigenvalue weighted by molar-refractivity contribution is -0.141. The molecule has 1 atom stereocenters. The standard InChI is InChI=1S/C28H38BrN3O4S/c1-21-11-7-8-16-26(21)32(37(3,35)36)18-10-17-27(33)31(20-23-12-9-13-24(29)19-23)22(2)28(34)30-25-14-5-4-6-15-25/h7-9,11-13,16,19,22,25H,4-6,10,14-15,17-18,20H2,1-3H3,(H,30,34). The highest BCUT2D eigenvalue weighted by Gasteiger charge is 2.28. The summed E-state index contributed by atoms with van der Waals surface area (Å²) in [5.41, 5.74) is 2.38. The van der Waals surface area contributed by atoms with Crippen LogP contribution >= 0.6 is 15.9 Å². The molecular weight excluding hydrogens is 554 g/mol. The number of amides is 2. The molecule has 3 rings (SSSR count). The van der Waals surface area contributed by atoms with Gasteiger partial charge in [0.2, 0.25) is 21.8 Å². The molecule has 1 fully saturated rings. The third kappa shape index (κ3) is 8.57. The molecule has 202 valence electrons. The molecule has 1 aliphatic rings. The van der Waals surface area contributed by atoms with E-state index in [-0.39, 0.29) is 30.8 Å². The highest BCUT2D eigenvalue weighted by molar-refractivity contribution is 9.10. The molecule has 0 radical (unpaired) electrons. The van der Waals surface area contributed by atoms with Crippen LogP contribution in [0.3, 0.4) is 0 Å². The Bertz CT molecular complexity index is 1180. The summed E-state index contributed by atoms with van der Waals surface area (Å²) in [5, 5.41) is 3.14. The number of carbonyl (C=O) groups excluding carboxylic acids is 2. The third-order valence-electron chi connectivity index (χ3n) is 6.90. The first-order valence-corrected chi connectivity index (χ1v) is 15.6. The van der Waals surface area contributed by atoms with E-state index in [1.807, 2.05) is 43.3 Å². The Balaban J connectivity index is 1.72. The summed E-state index contributed by atoms with van der Waals surface area (Å²) < 4.78 is 27.3. The number of para-hydroxylation sites is 1. The summed E-state index contributed by atoms with van der Waals surface area (Å²) in [4.78, 5) is 28.2. The zero-order chi connectivity index (χ0) is 27.0. The summed E-state index contributed by atoms with van der Waals surface area (Å²) in [6.45, 7) is 4.11. The molecule has 1 saturated carbocycles. The van der Waals surface area contributed by atoms with E-state index in [0.29, 0.717) is 18.7 Å². The number of nitrogens with one attached hydrogen (secondary N) is 1. The first kappa shape index (κ1) is 29.2. The van der Waals surface area contributed by atoms with Crippen molar-refractivity contribution in [2.24, 2.45) is 0 Å². The fourth-order valence-electron chi connectivity index (χ4n) is 4.81. The van der Waals surface area contributed by atoms with E-state index in [9.17, 15) is 18.0 Å². The maximum Gasteiger partial charge on any atom is 0.242 e. The first-order chi connectivity index (χ1) is 17.6. The first-order valence-electron chi connectivity index (χ1n) is 12.9. The number of sulfonamides is 1. The number of aryl methyl sites for hydroxylation is 1. The Labute approximate surface area is 229 Å². The van der Waals surface area contributed by atoms with Crippen molar-refractivity contribution >= 4 is 43.5 Å². The molecule has 1 unspecified atom stereocenters. The lowest BCUT2D eigenvalue weighted by atomic mass is 9.95. The summed E-state index contributed by atoms with van der Waals surface area (Å²) >= 11 is 3.48. The molecule has 1 aliphatic carbocycles. The van der Waals surface area contributed by atoms with E-state index >= 15 is 0 Å². The normalized spacial score (nSPS) is 15.1. The predicted molar refractivity (Wildman–Crippen MR) is 152 cm³/mol. The third-order valence-corrected chi connectivity index (χ3v) is 8.57. The Morgan fingerprint density at radius 3 is 2.43 bits per heavy atom. The average Bonchev–Trinajstić information content (AvgIpc) is 2.85. The Hall–Kier alpha value is -2.39. The van der Waals surface area contributed by atoms with Crippen molar-refractivity contribution in [1.29, 1.82) is 0 Å². The van der Waals surface area contributed by atoms with Gasteiger partial charge in [0.1, 0.15) is 6.04 Å². The molecule has 7 nitrogen and oxygen atoms in total. The molecule has 0 heterocycles. The van der Waals surface area contributed by atoms with Gasteiger partial charge in [-0.1, -0.05) is 65.5 Å². The van der Waals surface area contributed by atoms with Gasteiger partial charge >= 0.3 is 0 Å². The topological polar surface area (TPSA) is 86.8 Å². The van der Waals surface area contributed by atoms with Gasteiger partial charge in [0, 0.05) is 30.0 Å². The molecule has 0 bridgehead atoms. The zero-order valence-electron chi connectivity index (χ0n) is 22.0. The number of hydrogen-bond donors (Lipinski definition) is 1. The molecule has 2 amide bonds. The zero-order valence-corrected chi connectivity index (χ0v) is 24.4. The van der Waals surface area contributed by atoms with Crippen molar-refractivity contribution in [3.05, 3.63) is 64.1 Å². The van der Waals surface area contributed by atoms with Crippen molar-refractivity contribution in [1.82, 2.24) is 10.2 Å². The van der Waals surface area contributed by atoms with E-state index in [1.54, 1.807) is 24.0 Å². The van der Waals surface area contributed by atoms with Crippen LogP contribution in [-0.2, 0) is 26.2 Å². The smallest absolute Gasteiger partial charge is 0.242 e. The predicted octanol–water partition coefficient (Wildman–Crippen LogP) is 5.17. The molecule has 2 aromatic carbocycles. The van der Waals surface area contributed by atoms with E-state index in [0.717, 1.165) is 41.3 Å². The van der Waals surface area contributed by atoms with Gasteiger partial charge in [-0.05, 0) is 62.4 Å². The minimum absolute atomic E-state index is 0.132. The van der Waals surface area contributed by atoms with Crippen LogP contribution in [0, 0.1) is 6.92 Å². The summed E-state index contributed by atoms with van der Waals surface area (Å²) in [5.74, 6) is -0.322. The van der Waals surface area contributed by atoms with Crippen LogP contribution in [0.2, 0.25) is 0 Å². The number of nitrogens with zero attached hydrogens (tertiary/aromatic N) is 2. The van der Waals surface area contributed by atoms with Crippen molar-refractivity contribution in [3.8, 4) is 0 Å². The summed E-state index contributed by atoms with van der Waals surface area (Å²) in [6, 6.07) is 14.5.